The fourth-order valence-electron chi connectivity index (χ4n) is 1.31. The van der Waals surface area contributed by atoms with E-state index in [4.69, 9.17) is 4.74 Å². The summed E-state index contributed by atoms with van der Waals surface area (Å²) >= 11 is 0. The molecule has 0 aliphatic carbocycles. The minimum atomic E-state index is -0.345. The van der Waals surface area contributed by atoms with Crippen LogP contribution in [0.25, 0.3) is 0 Å². The van der Waals surface area contributed by atoms with Gasteiger partial charge < -0.3 is 15.4 Å². The molecule has 0 unspecified atom stereocenters. The lowest BCUT2D eigenvalue weighted by Gasteiger charge is -2.22. The average molecular weight is 172 g/mol. The average Bonchev–Trinajstić information content (AvgIpc) is 2.16. The zero-order valence-electron chi connectivity index (χ0n) is 7.43. The Bertz CT molecular complexity index is 144. The second-order valence-corrected chi connectivity index (χ2v) is 3.00. The van der Waals surface area contributed by atoms with E-state index < -0.39 is 0 Å². The number of carbonyl (C=O) groups is 1. The van der Waals surface area contributed by atoms with E-state index >= 15 is 0 Å². The highest BCUT2D eigenvalue weighted by Gasteiger charge is 2.13. The molecule has 1 aliphatic heterocycles. The van der Waals surface area contributed by atoms with E-state index in [1.54, 1.807) is 7.05 Å². The molecule has 0 bridgehead atoms. The van der Waals surface area contributed by atoms with Crippen LogP contribution in [-0.2, 0) is 4.74 Å². The predicted octanol–water partition coefficient (Wildman–Crippen LogP) is 0.484. The minimum Gasteiger partial charge on any atom is -0.448 e. The lowest BCUT2D eigenvalue weighted by molar-refractivity contribution is 0.130. The first-order valence-corrected chi connectivity index (χ1v) is 4.41. The van der Waals surface area contributed by atoms with Crippen molar-refractivity contribution in [3.8, 4) is 0 Å². The summed E-state index contributed by atoms with van der Waals surface area (Å²) in [7, 11) is 1.57. The van der Waals surface area contributed by atoms with Gasteiger partial charge >= 0.3 is 6.09 Å². The number of amides is 1. The monoisotopic (exact) mass is 172 g/mol. The topological polar surface area (TPSA) is 50.4 Å². The van der Waals surface area contributed by atoms with Crippen molar-refractivity contribution in [1.82, 2.24) is 10.6 Å². The fraction of sp³-hybridized carbons (Fsp3) is 0.875. The number of ether oxygens (including phenoxy) is 1. The number of hydrogen-bond donors (Lipinski definition) is 2. The van der Waals surface area contributed by atoms with Crippen molar-refractivity contribution in [1.29, 1.82) is 0 Å². The maximum absolute atomic E-state index is 10.7. The normalized spacial score (nSPS) is 23.2. The molecule has 4 nitrogen and oxygen atoms in total. The Kier molecular flexibility index (Phi) is 3.87. The van der Waals surface area contributed by atoms with Gasteiger partial charge in [0.25, 0.3) is 0 Å². The summed E-state index contributed by atoms with van der Waals surface area (Å²) in [5, 5.41) is 5.71. The minimum absolute atomic E-state index is 0.345. The molecule has 70 valence electrons. The first kappa shape index (κ1) is 9.32. The molecule has 1 heterocycles. The molecule has 1 saturated heterocycles. The molecule has 0 spiro atoms. The van der Waals surface area contributed by atoms with Crippen molar-refractivity contribution in [3.05, 3.63) is 0 Å². The van der Waals surface area contributed by atoms with E-state index in [-0.39, 0.29) is 6.09 Å². The molecule has 4 heteroatoms. The van der Waals surface area contributed by atoms with Crippen LogP contribution in [0.3, 0.4) is 0 Å². The molecule has 1 rings (SSSR count). The van der Waals surface area contributed by atoms with Gasteiger partial charge in [-0.2, -0.15) is 0 Å². The number of piperidine rings is 1. The highest BCUT2D eigenvalue weighted by atomic mass is 16.5. The Morgan fingerprint density at radius 3 is 3.08 bits per heavy atom. The van der Waals surface area contributed by atoms with Gasteiger partial charge in [0.15, 0.2) is 0 Å². The first-order valence-electron chi connectivity index (χ1n) is 4.41. The zero-order valence-corrected chi connectivity index (χ0v) is 7.43. The number of nitrogens with one attached hydrogen (secondary N) is 2. The van der Waals surface area contributed by atoms with Gasteiger partial charge in [-0.3, -0.25) is 0 Å². The van der Waals surface area contributed by atoms with Crippen LogP contribution in [0.15, 0.2) is 0 Å². The highest BCUT2D eigenvalue weighted by molar-refractivity contribution is 5.66. The number of alkyl carbamates (subject to hydrolysis) is 1. The van der Waals surface area contributed by atoms with Crippen LogP contribution in [-0.4, -0.2) is 32.3 Å². The van der Waals surface area contributed by atoms with Crippen LogP contribution in [0.1, 0.15) is 19.3 Å². The summed E-state index contributed by atoms with van der Waals surface area (Å²) in [6.07, 6.45) is 3.23. The molecule has 2 N–H and O–H groups in total. The largest absolute Gasteiger partial charge is 0.448 e. The number of carbonyl (C=O) groups excluding carboxylic acids is 1. The van der Waals surface area contributed by atoms with Gasteiger partial charge in [0.2, 0.25) is 0 Å². The molecule has 1 aliphatic rings. The third kappa shape index (κ3) is 3.09. The summed E-state index contributed by atoms with van der Waals surface area (Å²) in [6.45, 7) is 1.53. The van der Waals surface area contributed by atoms with Crippen LogP contribution >= 0.6 is 0 Å². The van der Waals surface area contributed by atoms with Crippen LogP contribution < -0.4 is 10.6 Å². The van der Waals surface area contributed by atoms with Crippen LogP contribution in [0.2, 0.25) is 0 Å². The Morgan fingerprint density at radius 1 is 1.67 bits per heavy atom. The summed E-state index contributed by atoms with van der Waals surface area (Å²) < 4.78 is 4.92. The van der Waals surface area contributed by atoms with E-state index in [1.807, 2.05) is 0 Å². The smallest absolute Gasteiger partial charge is 0.406 e. The van der Waals surface area contributed by atoms with Gasteiger partial charge in [-0.15, -0.1) is 0 Å². The van der Waals surface area contributed by atoms with Crippen LogP contribution in [0, 0.1) is 0 Å². The van der Waals surface area contributed by atoms with E-state index in [0.29, 0.717) is 12.6 Å². The van der Waals surface area contributed by atoms with Crippen LogP contribution in [0.4, 0.5) is 4.79 Å². The van der Waals surface area contributed by atoms with E-state index in [2.05, 4.69) is 10.6 Å². The van der Waals surface area contributed by atoms with Gasteiger partial charge in [-0.1, -0.05) is 6.42 Å². The summed E-state index contributed by atoms with van der Waals surface area (Å²) in [5.74, 6) is 0. The fourth-order valence-corrected chi connectivity index (χ4v) is 1.31. The lowest BCUT2D eigenvalue weighted by atomic mass is 10.1. The molecule has 1 fully saturated rings. The van der Waals surface area contributed by atoms with Crippen molar-refractivity contribution in [2.45, 2.75) is 25.3 Å². The van der Waals surface area contributed by atoms with Crippen molar-refractivity contribution in [2.24, 2.45) is 0 Å². The molecule has 12 heavy (non-hydrogen) atoms. The molecular weight excluding hydrogens is 156 g/mol. The Balaban J connectivity index is 2.09. The van der Waals surface area contributed by atoms with E-state index in [0.717, 1.165) is 13.0 Å². The Morgan fingerprint density at radius 2 is 2.50 bits per heavy atom. The third-order valence-electron chi connectivity index (χ3n) is 2.03. The predicted molar refractivity (Wildman–Crippen MR) is 46.0 cm³/mol. The second kappa shape index (κ2) is 4.98. The Labute approximate surface area is 72.7 Å². The maximum atomic E-state index is 10.7. The highest BCUT2D eigenvalue weighted by Crippen LogP contribution is 2.06. The van der Waals surface area contributed by atoms with Crippen molar-refractivity contribution >= 4 is 6.09 Å². The first-order chi connectivity index (χ1) is 5.83. The molecule has 1 atom stereocenters. The molecule has 0 radical (unpaired) electrons. The van der Waals surface area contributed by atoms with Gasteiger partial charge in [-0.05, 0) is 19.4 Å². The van der Waals surface area contributed by atoms with Crippen LogP contribution in [0.5, 0.6) is 0 Å². The van der Waals surface area contributed by atoms with E-state index in [9.17, 15) is 4.79 Å². The standard InChI is InChI=1S/C8H16N2O2/c1-9-8(11)12-6-7-4-2-3-5-10-7/h7,10H,2-6H2,1H3,(H,9,11)/t7-/m1/s1. The molecule has 0 aromatic rings. The van der Waals surface area contributed by atoms with Gasteiger partial charge in [0, 0.05) is 13.1 Å². The second-order valence-electron chi connectivity index (χ2n) is 3.00. The molecule has 0 saturated carbocycles. The van der Waals surface area contributed by atoms with E-state index in [1.165, 1.54) is 12.8 Å². The molecule has 1 amide bonds. The lowest BCUT2D eigenvalue weighted by Crippen LogP contribution is -2.39. The van der Waals surface area contributed by atoms with Gasteiger partial charge in [0.05, 0.1) is 0 Å². The van der Waals surface area contributed by atoms with Crippen molar-refractivity contribution < 1.29 is 9.53 Å². The quantitative estimate of drug-likeness (QED) is 0.637. The number of hydrogen-bond acceptors (Lipinski definition) is 3. The molecule has 0 aromatic heterocycles. The third-order valence-corrected chi connectivity index (χ3v) is 2.03. The van der Waals surface area contributed by atoms with Gasteiger partial charge in [-0.25, -0.2) is 4.79 Å². The zero-order chi connectivity index (χ0) is 8.81. The van der Waals surface area contributed by atoms with Crippen molar-refractivity contribution in [2.75, 3.05) is 20.2 Å². The van der Waals surface area contributed by atoms with Crippen molar-refractivity contribution in [3.63, 3.8) is 0 Å². The summed E-state index contributed by atoms with van der Waals surface area (Å²) in [5.41, 5.74) is 0. The molecule has 0 aromatic carbocycles. The molecular formula is C8H16N2O2. The summed E-state index contributed by atoms with van der Waals surface area (Å²) in [6, 6.07) is 0.357. The van der Waals surface area contributed by atoms with Gasteiger partial charge in [0.1, 0.15) is 6.61 Å². The maximum Gasteiger partial charge on any atom is 0.406 e. The SMILES string of the molecule is CNC(=O)OC[C@H]1CCCCN1. The Hall–Kier alpha value is -0.770. The summed E-state index contributed by atoms with van der Waals surface area (Å²) in [4.78, 5) is 10.7. The number of rotatable bonds is 2.